The molecule has 1 aliphatic heterocycles. The Morgan fingerprint density at radius 3 is 2.35 bits per heavy atom. The SMILES string of the molecule is CCn1c(=Cc2sc3ccccc3[n+]2CCCS(=O)(=O)O)sc(=CC=C2Sc3c(ccc4ccccc34)N2CCCCS(=O)(=O)O)c1=O. The van der Waals surface area contributed by atoms with E-state index in [0.717, 1.165) is 46.3 Å². The molecule has 0 aliphatic carbocycles. The number of thioether (sulfide) groups is 1. The van der Waals surface area contributed by atoms with E-state index in [1.54, 1.807) is 27.7 Å². The van der Waals surface area contributed by atoms with E-state index in [1.165, 1.54) is 11.3 Å². The highest BCUT2D eigenvalue weighted by Gasteiger charge is 2.26. The monoisotopic (exact) mass is 744 g/mol. The number of anilines is 1. The second kappa shape index (κ2) is 14.3. The molecule has 0 unspecified atom stereocenters. The largest absolute Gasteiger partial charge is 0.335 e. The van der Waals surface area contributed by atoms with E-state index in [0.29, 0.717) is 37.0 Å². The Hall–Kier alpha value is -3.31. The molecule has 6 rings (SSSR count). The molecule has 0 amide bonds. The zero-order valence-corrected chi connectivity index (χ0v) is 30.1. The summed E-state index contributed by atoms with van der Waals surface area (Å²) in [6.07, 6.45) is 6.84. The number of allylic oxidation sites excluding steroid dienone is 1. The first-order valence-corrected chi connectivity index (χ1v) is 21.0. The van der Waals surface area contributed by atoms with Gasteiger partial charge in [-0.05, 0) is 54.8 Å². The van der Waals surface area contributed by atoms with Gasteiger partial charge in [-0.3, -0.25) is 18.5 Å². The number of para-hydroxylation sites is 1. The molecule has 3 heterocycles. The molecule has 10 nitrogen and oxygen atoms in total. The lowest BCUT2D eigenvalue weighted by Crippen LogP contribution is -2.37. The van der Waals surface area contributed by atoms with Gasteiger partial charge in [-0.1, -0.05) is 65.6 Å². The summed E-state index contributed by atoms with van der Waals surface area (Å²) in [4.78, 5) is 16.9. The molecule has 0 spiro atoms. The van der Waals surface area contributed by atoms with E-state index in [9.17, 15) is 30.7 Å². The Kier molecular flexibility index (Phi) is 10.3. The standard InChI is InChI=1S/C33H33N3O7S5/c1-2-34-30(22-31-35(19-9-21-48(41,42)43)25-12-5-6-13-27(25)44-31)45-28(33(34)37)16-17-29-36(18-7-8-20-47(38,39)40)26-15-14-23-10-3-4-11-24(23)32(26)46-29/h3-6,10-17,22H,2,7-9,18-21H2,1H3,(H-,38,39,40,41,42,43)/p+1. The van der Waals surface area contributed by atoms with Crippen molar-refractivity contribution in [1.29, 1.82) is 0 Å². The van der Waals surface area contributed by atoms with Crippen LogP contribution in [-0.4, -0.2) is 48.6 Å². The van der Waals surface area contributed by atoms with E-state index < -0.39 is 20.2 Å². The molecule has 48 heavy (non-hydrogen) atoms. The van der Waals surface area contributed by atoms with Gasteiger partial charge in [0.15, 0.2) is 6.54 Å². The number of hydrogen-bond donors (Lipinski definition) is 2. The quantitative estimate of drug-likeness (QED) is 0.107. The molecular weight excluding hydrogens is 711 g/mol. The molecule has 2 N–H and O–H groups in total. The van der Waals surface area contributed by atoms with Gasteiger partial charge in [-0.2, -0.15) is 21.4 Å². The number of thiazole rings is 2. The van der Waals surface area contributed by atoms with Gasteiger partial charge in [0.1, 0.15) is 9.36 Å². The molecule has 1 aliphatic rings. The summed E-state index contributed by atoms with van der Waals surface area (Å²) in [6.45, 7) is 3.31. The van der Waals surface area contributed by atoms with Gasteiger partial charge in [0, 0.05) is 30.5 Å². The second-order valence-electron chi connectivity index (χ2n) is 11.3. The number of rotatable bonds is 12. The zero-order chi connectivity index (χ0) is 34.1. The van der Waals surface area contributed by atoms with Crippen LogP contribution in [0.5, 0.6) is 0 Å². The van der Waals surface area contributed by atoms with Crippen LogP contribution in [-0.2, 0) is 33.3 Å². The average molecular weight is 745 g/mol. The first-order chi connectivity index (χ1) is 22.9. The Bertz CT molecular complexity index is 2450. The predicted octanol–water partition coefficient (Wildman–Crippen LogP) is 4.59. The van der Waals surface area contributed by atoms with Crippen molar-refractivity contribution in [3.05, 3.63) is 96.3 Å². The van der Waals surface area contributed by atoms with E-state index >= 15 is 0 Å². The molecule has 0 saturated carbocycles. The third kappa shape index (κ3) is 7.77. The predicted molar refractivity (Wildman–Crippen MR) is 195 cm³/mol. The van der Waals surface area contributed by atoms with Gasteiger partial charge in [0.2, 0.25) is 5.52 Å². The van der Waals surface area contributed by atoms with Crippen LogP contribution in [0.2, 0.25) is 0 Å². The second-order valence-corrected chi connectivity index (χ2v) is 17.6. The Balaban J connectivity index is 1.38. The molecule has 5 aromatic rings. The molecule has 0 atom stereocenters. The van der Waals surface area contributed by atoms with Crippen LogP contribution < -0.4 is 24.2 Å². The smallest absolute Gasteiger partial charge is 0.269 e. The topological polar surface area (TPSA) is 138 Å². The summed E-state index contributed by atoms with van der Waals surface area (Å²) in [6, 6.07) is 20.1. The van der Waals surface area contributed by atoms with Gasteiger partial charge < -0.3 is 4.90 Å². The van der Waals surface area contributed by atoms with Crippen LogP contribution in [0.3, 0.4) is 0 Å². The molecule has 0 radical (unpaired) electrons. The molecule has 3 aromatic carbocycles. The molecule has 0 saturated heterocycles. The summed E-state index contributed by atoms with van der Waals surface area (Å²) < 4.78 is 69.9. The van der Waals surface area contributed by atoms with E-state index in [1.807, 2.05) is 66.1 Å². The van der Waals surface area contributed by atoms with E-state index in [2.05, 4.69) is 29.2 Å². The van der Waals surface area contributed by atoms with E-state index in [-0.39, 0.29) is 23.5 Å². The van der Waals surface area contributed by atoms with Crippen molar-refractivity contribution in [2.24, 2.45) is 0 Å². The fraction of sp³-hybridized carbons (Fsp3) is 0.273. The van der Waals surface area contributed by atoms with Crippen LogP contribution in [0, 0.1) is 0 Å². The highest BCUT2D eigenvalue weighted by atomic mass is 32.2. The van der Waals surface area contributed by atoms with Crippen LogP contribution in [0.25, 0.3) is 33.1 Å². The van der Waals surface area contributed by atoms with Crippen molar-refractivity contribution in [1.82, 2.24) is 4.57 Å². The number of benzene rings is 3. The normalized spacial score (nSPS) is 15.4. The molecule has 0 fully saturated rings. The van der Waals surface area contributed by atoms with Crippen molar-refractivity contribution in [3.63, 3.8) is 0 Å². The molecule has 15 heteroatoms. The fourth-order valence-electron chi connectivity index (χ4n) is 5.74. The lowest BCUT2D eigenvalue weighted by Gasteiger charge is -2.20. The number of aromatic nitrogens is 2. The van der Waals surface area contributed by atoms with Gasteiger partial charge in [0.05, 0.1) is 32.8 Å². The third-order valence-electron chi connectivity index (χ3n) is 7.95. The molecule has 252 valence electrons. The summed E-state index contributed by atoms with van der Waals surface area (Å²) >= 11 is 4.54. The first-order valence-electron chi connectivity index (χ1n) is 15.3. The van der Waals surface area contributed by atoms with Crippen molar-refractivity contribution in [2.75, 3.05) is 23.0 Å². The van der Waals surface area contributed by atoms with Crippen molar-refractivity contribution < 1.29 is 30.5 Å². The van der Waals surface area contributed by atoms with Crippen LogP contribution in [0.4, 0.5) is 5.69 Å². The number of hydrogen-bond acceptors (Lipinski definition) is 9. The van der Waals surface area contributed by atoms with Crippen LogP contribution in [0.1, 0.15) is 31.2 Å². The van der Waals surface area contributed by atoms with Crippen LogP contribution >= 0.6 is 34.4 Å². The number of nitrogens with zero attached hydrogens (tertiary/aromatic N) is 3. The highest BCUT2D eigenvalue weighted by molar-refractivity contribution is 8.04. The number of unbranched alkanes of at least 4 members (excludes halogenated alkanes) is 1. The summed E-state index contributed by atoms with van der Waals surface area (Å²) in [7, 11) is -8.13. The Labute approximate surface area is 290 Å². The summed E-state index contributed by atoms with van der Waals surface area (Å²) in [5, 5.41) is 4.00. The fourth-order valence-corrected chi connectivity index (χ4v) is 10.3. The van der Waals surface area contributed by atoms with Gasteiger partial charge in [-0.25, -0.2) is 0 Å². The Morgan fingerprint density at radius 2 is 1.58 bits per heavy atom. The van der Waals surface area contributed by atoms with Crippen molar-refractivity contribution >= 4 is 93.5 Å². The third-order valence-corrected chi connectivity index (χ3v) is 13.0. The molecule has 0 bridgehead atoms. The van der Waals surface area contributed by atoms with Gasteiger partial charge in [0.25, 0.3) is 30.8 Å². The lowest BCUT2D eigenvalue weighted by atomic mass is 10.1. The minimum Gasteiger partial charge on any atom is -0.335 e. The summed E-state index contributed by atoms with van der Waals surface area (Å²) in [5.41, 5.74) is 1.85. The number of aryl methyl sites for hydroxylation is 1. The molecular formula is C33H34N3O7S5+. The average Bonchev–Trinajstić information content (AvgIpc) is 3.67. The van der Waals surface area contributed by atoms with Gasteiger partial charge in [-0.15, -0.1) is 11.3 Å². The lowest BCUT2D eigenvalue weighted by molar-refractivity contribution is -0.668. The minimum absolute atomic E-state index is 0.115. The van der Waals surface area contributed by atoms with Gasteiger partial charge >= 0.3 is 0 Å². The highest BCUT2D eigenvalue weighted by Crippen LogP contribution is 2.49. The first kappa shape index (κ1) is 34.5. The van der Waals surface area contributed by atoms with Crippen molar-refractivity contribution in [3.8, 4) is 0 Å². The Morgan fingerprint density at radius 1 is 0.854 bits per heavy atom. The maximum Gasteiger partial charge on any atom is 0.269 e. The van der Waals surface area contributed by atoms with Crippen LogP contribution in [0.15, 0.2) is 81.5 Å². The maximum atomic E-state index is 13.6. The van der Waals surface area contributed by atoms with Crippen molar-refractivity contribution in [2.45, 2.75) is 44.2 Å². The van der Waals surface area contributed by atoms with E-state index in [4.69, 9.17) is 0 Å². The molecule has 2 aromatic heterocycles. The summed E-state index contributed by atoms with van der Waals surface area (Å²) in [5.74, 6) is -0.639. The zero-order valence-electron chi connectivity index (χ0n) is 26.0. The minimum atomic E-state index is -4.09. The number of fused-ring (bicyclic) bond motifs is 4. The maximum absolute atomic E-state index is 13.6.